The topological polar surface area (TPSA) is 75.7 Å². The average Bonchev–Trinajstić information content (AvgIpc) is 2.83. The molecule has 0 aliphatic heterocycles. The zero-order valence-electron chi connectivity index (χ0n) is 18.3. The maximum Gasteiger partial charge on any atom is 0.264 e. The maximum absolute atomic E-state index is 13.3. The van der Waals surface area contributed by atoms with Crippen molar-refractivity contribution in [3.8, 4) is 5.75 Å². The van der Waals surface area contributed by atoms with Crippen LogP contribution in [0.1, 0.15) is 18.1 Å². The van der Waals surface area contributed by atoms with Gasteiger partial charge in [-0.05, 0) is 60.4 Å². The summed E-state index contributed by atoms with van der Waals surface area (Å²) in [7, 11) is -2.28. The van der Waals surface area contributed by atoms with E-state index in [2.05, 4.69) is 5.32 Å². The van der Waals surface area contributed by atoms with E-state index in [1.807, 2.05) is 43.3 Å². The molecule has 0 aliphatic carbocycles. The van der Waals surface area contributed by atoms with Crippen molar-refractivity contribution in [1.82, 2.24) is 5.32 Å². The van der Waals surface area contributed by atoms with Crippen molar-refractivity contribution in [3.05, 3.63) is 90.0 Å². The van der Waals surface area contributed by atoms with Gasteiger partial charge in [0.15, 0.2) is 0 Å². The summed E-state index contributed by atoms with van der Waals surface area (Å²) in [5.41, 5.74) is 2.60. The Morgan fingerprint density at radius 3 is 2.12 bits per heavy atom. The molecule has 7 heteroatoms. The van der Waals surface area contributed by atoms with E-state index in [9.17, 15) is 13.2 Å². The van der Waals surface area contributed by atoms with Gasteiger partial charge in [-0.25, -0.2) is 8.42 Å². The predicted octanol–water partition coefficient (Wildman–Crippen LogP) is 3.81. The SMILES string of the molecule is CCc1ccc(N(CC(=O)NCCc2ccc(OC)cc2)S(=O)(=O)c2ccccc2)cc1. The number of hydrogen-bond donors (Lipinski definition) is 1. The van der Waals surface area contributed by atoms with Crippen LogP contribution >= 0.6 is 0 Å². The molecule has 0 unspecified atom stereocenters. The van der Waals surface area contributed by atoms with Gasteiger partial charge in [-0.15, -0.1) is 0 Å². The van der Waals surface area contributed by atoms with Crippen LogP contribution in [0.4, 0.5) is 5.69 Å². The van der Waals surface area contributed by atoms with Gasteiger partial charge in [0.2, 0.25) is 5.91 Å². The van der Waals surface area contributed by atoms with Gasteiger partial charge in [0.25, 0.3) is 10.0 Å². The van der Waals surface area contributed by atoms with E-state index in [4.69, 9.17) is 4.74 Å². The van der Waals surface area contributed by atoms with E-state index < -0.39 is 10.0 Å². The van der Waals surface area contributed by atoms with Gasteiger partial charge in [-0.2, -0.15) is 0 Å². The molecule has 6 nitrogen and oxygen atoms in total. The first kappa shape index (κ1) is 23.3. The number of nitrogens with one attached hydrogen (secondary N) is 1. The molecule has 3 aromatic rings. The molecule has 0 saturated carbocycles. The number of ether oxygens (including phenoxy) is 1. The van der Waals surface area contributed by atoms with Crippen molar-refractivity contribution in [2.45, 2.75) is 24.7 Å². The molecule has 0 aromatic heterocycles. The van der Waals surface area contributed by atoms with Crippen LogP contribution in [0.25, 0.3) is 0 Å². The van der Waals surface area contributed by atoms with Crippen LogP contribution in [0.2, 0.25) is 0 Å². The Bertz CT molecular complexity index is 1110. The normalized spacial score (nSPS) is 11.1. The highest BCUT2D eigenvalue weighted by molar-refractivity contribution is 7.92. The Balaban J connectivity index is 1.73. The number of hydrogen-bond acceptors (Lipinski definition) is 4. The molecule has 0 fully saturated rings. The van der Waals surface area contributed by atoms with Crippen molar-refractivity contribution >= 4 is 21.6 Å². The Hall–Kier alpha value is -3.32. The third kappa shape index (κ3) is 5.88. The third-order valence-electron chi connectivity index (χ3n) is 5.15. The lowest BCUT2D eigenvalue weighted by Gasteiger charge is -2.24. The fourth-order valence-corrected chi connectivity index (χ4v) is 4.70. The molecule has 3 aromatic carbocycles. The van der Waals surface area contributed by atoms with Crippen molar-refractivity contribution in [2.24, 2.45) is 0 Å². The summed E-state index contributed by atoms with van der Waals surface area (Å²) in [6.45, 7) is 2.13. The second-order valence-electron chi connectivity index (χ2n) is 7.29. The van der Waals surface area contributed by atoms with Crippen LogP contribution in [0.15, 0.2) is 83.8 Å². The smallest absolute Gasteiger partial charge is 0.264 e. The number of nitrogens with zero attached hydrogens (tertiary/aromatic N) is 1. The second kappa shape index (κ2) is 10.8. The maximum atomic E-state index is 13.3. The Kier molecular flexibility index (Phi) is 7.89. The summed E-state index contributed by atoms with van der Waals surface area (Å²) in [5, 5.41) is 2.83. The minimum Gasteiger partial charge on any atom is -0.497 e. The van der Waals surface area contributed by atoms with Crippen molar-refractivity contribution in [3.63, 3.8) is 0 Å². The predicted molar refractivity (Wildman–Crippen MR) is 127 cm³/mol. The summed E-state index contributed by atoms with van der Waals surface area (Å²) in [5.74, 6) is 0.409. The van der Waals surface area contributed by atoms with Crippen LogP contribution in [-0.4, -0.2) is 34.5 Å². The van der Waals surface area contributed by atoms with Crippen LogP contribution in [0.3, 0.4) is 0 Å². The summed E-state index contributed by atoms with van der Waals surface area (Å²) in [6.07, 6.45) is 1.48. The van der Waals surface area contributed by atoms with Crippen LogP contribution in [0, 0.1) is 0 Å². The van der Waals surface area contributed by atoms with Gasteiger partial charge < -0.3 is 10.1 Å². The molecule has 0 heterocycles. The summed E-state index contributed by atoms with van der Waals surface area (Å²) < 4.78 is 32.9. The van der Waals surface area contributed by atoms with Crippen molar-refractivity contribution < 1.29 is 17.9 Å². The van der Waals surface area contributed by atoms with Gasteiger partial charge in [0, 0.05) is 6.54 Å². The van der Waals surface area contributed by atoms with Crippen LogP contribution in [0.5, 0.6) is 5.75 Å². The van der Waals surface area contributed by atoms with Gasteiger partial charge in [0.1, 0.15) is 12.3 Å². The lowest BCUT2D eigenvalue weighted by atomic mass is 10.1. The first-order chi connectivity index (χ1) is 15.4. The average molecular weight is 453 g/mol. The van der Waals surface area contributed by atoms with E-state index in [0.29, 0.717) is 18.7 Å². The molecule has 0 atom stereocenters. The number of methoxy groups -OCH3 is 1. The molecule has 0 radical (unpaired) electrons. The number of aryl methyl sites for hydroxylation is 1. The minimum atomic E-state index is -3.90. The van der Waals surface area contributed by atoms with E-state index in [-0.39, 0.29) is 17.3 Å². The third-order valence-corrected chi connectivity index (χ3v) is 6.93. The monoisotopic (exact) mass is 452 g/mol. The molecular formula is C25H28N2O4S. The first-order valence-electron chi connectivity index (χ1n) is 10.5. The molecule has 0 aliphatic rings. The number of carbonyl (C=O) groups excluding carboxylic acids is 1. The summed E-state index contributed by atoms with van der Waals surface area (Å²) >= 11 is 0. The van der Waals surface area contributed by atoms with Crippen molar-refractivity contribution in [2.75, 3.05) is 24.5 Å². The Labute approximate surface area is 189 Å². The van der Waals surface area contributed by atoms with Crippen molar-refractivity contribution in [1.29, 1.82) is 0 Å². The zero-order chi connectivity index (χ0) is 23.0. The molecule has 0 bridgehead atoms. The Morgan fingerprint density at radius 1 is 0.906 bits per heavy atom. The number of amides is 1. The van der Waals surface area contributed by atoms with E-state index in [1.165, 1.54) is 12.1 Å². The second-order valence-corrected chi connectivity index (χ2v) is 9.16. The molecule has 1 N–H and O–H groups in total. The summed E-state index contributed by atoms with van der Waals surface area (Å²) in [4.78, 5) is 12.8. The summed E-state index contributed by atoms with van der Waals surface area (Å²) in [6, 6.07) is 23.0. The Morgan fingerprint density at radius 2 is 1.53 bits per heavy atom. The fraction of sp³-hybridized carbons (Fsp3) is 0.240. The highest BCUT2D eigenvalue weighted by Gasteiger charge is 2.27. The number of anilines is 1. The number of sulfonamides is 1. The van der Waals surface area contributed by atoms with E-state index in [0.717, 1.165) is 27.6 Å². The van der Waals surface area contributed by atoms with E-state index >= 15 is 0 Å². The lowest BCUT2D eigenvalue weighted by Crippen LogP contribution is -2.41. The first-order valence-corrected chi connectivity index (χ1v) is 11.9. The van der Waals surface area contributed by atoms with Crippen LogP contribution in [-0.2, 0) is 27.7 Å². The lowest BCUT2D eigenvalue weighted by molar-refractivity contribution is -0.119. The fourth-order valence-electron chi connectivity index (χ4n) is 3.26. The number of carbonyl (C=O) groups is 1. The molecule has 32 heavy (non-hydrogen) atoms. The molecule has 0 spiro atoms. The van der Waals surface area contributed by atoms with E-state index in [1.54, 1.807) is 37.4 Å². The van der Waals surface area contributed by atoms with Gasteiger partial charge in [-0.1, -0.05) is 49.4 Å². The highest BCUT2D eigenvalue weighted by Crippen LogP contribution is 2.24. The molecule has 0 saturated heterocycles. The zero-order valence-corrected chi connectivity index (χ0v) is 19.1. The number of rotatable bonds is 10. The molecule has 3 rings (SSSR count). The number of benzene rings is 3. The quantitative estimate of drug-likeness (QED) is 0.508. The standard InChI is InChI=1S/C25H28N2O4S/c1-3-20-9-13-22(14-10-20)27(32(29,30)24-7-5-4-6-8-24)19-25(28)26-18-17-21-11-15-23(31-2)16-12-21/h4-16H,3,17-19H2,1-2H3,(H,26,28). The largest absolute Gasteiger partial charge is 0.497 e. The molecule has 1 amide bonds. The minimum absolute atomic E-state index is 0.144. The molecule has 168 valence electrons. The van der Waals surface area contributed by atoms with Gasteiger partial charge in [-0.3, -0.25) is 9.10 Å². The highest BCUT2D eigenvalue weighted by atomic mass is 32.2. The van der Waals surface area contributed by atoms with Crippen LogP contribution < -0.4 is 14.4 Å². The molecular weight excluding hydrogens is 424 g/mol. The van der Waals surface area contributed by atoms with Gasteiger partial charge >= 0.3 is 0 Å². The van der Waals surface area contributed by atoms with Gasteiger partial charge in [0.05, 0.1) is 17.7 Å².